The third kappa shape index (κ3) is 4.12. The molecule has 6 nitrogen and oxygen atoms in total. The maximum absolute atomic E-state index is 9.55. The highest BCUT2D eigenvalue weighted by Gasteiger charge is 2.54. The maximum Gasteiger partial charge on any atom is 0.224 e. The summed E-state index contributed by atoms with van der Waals surface area (Å²) in [6, 6.07) is 11.2. The van der Waals surface area contributed by atoms with Gasteiger partial charge < -0.3 is 16.4 Å². The lowest BCUT2D eigenvalue weighted by Gasteiger charge is -2.59. The monoisotopic (exact) mass is 416 g/mol. The second-order valence-corrected chi connectivity index (χ2v) is 10.1. The summed E-state index contributed by atoms with van der Waals surface area (Å²) < 4.78 is 0. The molecule has 0 saturated heterocycles. The molecule has 1 heterocycles. The first-order valence-electron chi connectivity index (χ1n) is 11.6. The van der Waals surface area contributed by atoms with E-state index in [4.69, 9.17) is 5.73 Å². The highest BCUT2D eigenvalue weighted by molar-refractivity contribution is 5.53. The van der Waals surface area contributed by atoms with Gasteiger partial charge in [0.2, 0.25) is 5.95 Å². The Balaban J connectivity index is 1.23. The maximum atomic E-state index is 9.55. The second-order valence-electron chi connectivity index (χ2n) is 10.1. The molecule has 1 aromatic carbocycles. The fourth-order valence-corrected chi connectivity index (χ4v) is 6.59. The Hall–Kier alpha value is -2.65. The third-order valence-electron chi connectivity index (χ3n) is 7.79. The molecule has 162 valence electrons. The molecule has 4 fully saturated rings. The topological polar surface area (TPSA) is 99.7 Å². The van der Waals surface area contributed by atoms with Crippen LogP contribution in [0.3, 0.4) is 0 Å². The Morgan fingerprint density at radius 1 is 1.19 bits per heavy atom. The normalized spacial score (nSPS) is 30.7. The molecule has 6 heteroatoms. The second kappa shape index (κ2) is 8.12. The van der Waals surface area contributed by atoms with Crippen LogP contribution in [0.2, 0.25) is 0 Å². The first-order chi connectivity index (χ1) is 15.0. The number of anilines is 2. The summed E-state index contributed by atoms with van der Waals surface area (Å²) in [5.41, 5.74) is 9.88. The number of aryl methyl sites for hydroxylation is 1. The predicted molar refractivity (Wildman–Crippen MR) is 123 cm³/mol. The van der Waals surface area contributed by atoms with Gasteiger partial charge in [-0.3, -0.25) is 0 Å². The largest absolute Gasteiger partial charge is 0.368 e. The molecule has 4 saturated carbocycles. The standard InChI is InChI=1S/C25H32N6/c1-16-3-2-4-17(7-16)5-6-28-24-29-14-21(13-26)23(31-24)30-15-25-10-18-8-19(11-25)22(27)20(9-18)12-25/h2-4,7,14,18-20,22H,5-6,8-12,15,27H2,1H3,(H2,28,29,30,31)/t18?,19-,20+,22?,25?. The molecule has 4 N–H and O–H groups in total. The van der Waals surface area contributed by atoms with Crippen LogP contribution in [0.5, 0.6) is 0 Å². The third-order valence-corrected chi connectivity index (χ3v) is 7.79. The number of hydrogen-bond acceptors (Lipinski definition) is 6. The molecule has 1 aromatic heterocycles. The quantitative estimate of drug-likeness (QED) is 0.633. The first-order valence-corrected chi connectivity index (χ1v) is 11.6. The number of hydrogen-bond donors (Lipinski definition) is 3. The number of nitrogens with two attached hydrogens (primary N) is 1. The Morgan fingerprint density at radius 2 is 2.00 bits per heavy atom. The molecule has 2 aromatic rings. The van der Waals surface area contributed by atoms with Crippen LogP contribution < -0.4 is 16.4 Å². The minimum absolute atomic E-state index is 0.308. The fraction of sp³-hybridized carbons (Fsp3) is 0.560. The smallest absolute Gasteiger partial charge is 0.224 e. The summed E-state index contributed by atoms with van der Waals surface area (Å²) in [6.07, 6.45) is 8.86. The number of aromatic nitrogens is 2. The number of nitrogens with one attached hydrogen (secondary N) is 2. The molecule has 31 heavy (non-hydrogen) atoms. The molecule has 4 aliphatic carbocycles. The van der Waals surface area contributed by atoms with Gasteiger partial charge in [-0.15, -0.1) is 0 Å². The summed E-state index contributed by atoms with van der Waals surface area (Å²) in [6.45, 7) is 3.73. The van der Waals surface area contributed by atoms with Crippen molar-refractivity contribution in [1.82, 2.24) is 9.97 Å². The average Bonchev–Trinajstić information content (AvgIpc) is 2.76. The van der Waals surface area contributed by atoms with E-state index in [2.05, 4.69) is 57.9 Å². The van der Waals surface area contributed by atoms with E-state index in [1.54, 1.807) is 6.20 Å². The zero-order chi connectivity index (χ0) is 21.4. The number of benzene rings is 1. The van der Waals surface area contributed by atoms with E-state index >= 15 is 0 Å². The van der Waals surface area contributed by atoms with Crippen molar-refractivity contribution in [2.75, 3.05) is 23.7 Å². The summed E-state index contributed by atoms with van der Waals surface area (Å²) in [5, 5.41) is 16.4. The van der Waals surface area contributed by atoms with Crippen molar-refractivity contribution in [1.29, 1.82) is 5.26 Å². The summed E-state index contributed by atoms with van der Waals surface area (Å²) in [4.78, 5) is 8.99. The molecule has 0 radical (unpaired) electrons. The van der Waals surface area contributed by atoms with Crippen molar-refractivity contribution in [3.05, 3.63) is 47.2 Å². The van der Waals surface area contributed by atoms with E-state index < -0.39 is 0 Å². The van der Waals surface area contributed by atoms with E-state index in [1.165, 1.54) is 43.2 Å². The summed E-state index contributed by atoms with van der Waals surface area (Å²) in [5.74, 6) is 3.40. The van der Waals surface area contributed by atoms with E-state index in [0.717, 1.165) is 25.4 Å². The number of nitrogens with zero attached hydrogens (tertiary/aromatic N) is 3. The van der Waals surface area contributed by atoms with Crippen LogP contribution in [-0.4, -0.2) is 29.1 Å². The average molecular weight is 417 g/mol. The minimum atomic E-state index is 0.308. The van der Waals surface area contributed by atoms with Gasteiger partial charge in [0.15, 0.2) is 0 Å². The minimum Gasteiger partial charge on any atom is -0.368 e. The molecular formula is C25H32N6. The highest BCUT2D eigenvalue weighted by Crippen LogP contribution is 2.59. The van der Waals surface area contributed by atoms with Gasteiger partial charge in [0.25, 0.3) is 0 Å². The van der Waals surface area contributed by atoms with Gasteiger partial charge in [0.05, 0.1) is 6.20 Å². The highest BCUT2D eigenvalue weighted by atomic mass is 15.1. The van der Waals surface area contributed by atoms with Gasteiger partial charge >= 0.3 is 0 Å². The Morgan fingerprint density at radius 3 is 2.74 bits per heavy atom. The van der Waals surface area contributed by atoms with Crippen molar-refractivity contribution in [3.63, 3.8) is 0 Å². The molecule has 4 aliphatic rings. The number of rotatable bonds is 7. The zero-order valence-corrected chi connectivity index (χ0v) is 18.3. The molecule has 0 spiro atoms. The molecular weight excluding hydrogens is 384 g/mol. The van der Waals surface area contributed by atoms with Crippen molar-refractivity contribution in [2.24, 2.45) is 28.9 Å². The van der Waals surface area contributed by atoms with Crippen LogP contribution in [0.1, 0.15) is 48.8 Å². The lowest BCUT2D eigenvalue weighted by Crippen LogP contribution is -2.58. The van der Waals surface area contributed by atoms with Crippen molar-refractivity contribution < 1.29 is 0 Å². The molecule has 0 amide bonds. The van der Waals surface area contributed by atoms with Crippen LogP contribution in [0, 0.1) is 41.4 Å². The lowest BCUT2D eigenvalue weighted by atomic mass is 9.48. The van der Waals surface area contributed by atoms with Crippen LogP contribution >= 0.6 is 0 Å². The Labute approximate surface area is 184 Å². The van der Waals surface area contributed by atoms with Gasteiger partial charge in [-0.25, -0.2) is 4.98 Å². The van der Waals surface area contributed by atoms with Gasteiger partial charge in [-0.2, -0.15) is 10.2 Å². The SMILES string of the molecule is Cc1cccc(CCNc2ncc(C#N)c(NCC34CC5C[C@H](C3)C(N)[C@@H](C5)C4)n2)c1. The fourth-order valence-electron chi connectivity index (χ4n) is 6.59. The van der Waals surface area contributed by atoms with E-state index in [9.17, 15) is 5.26 Å². The molecule has 3 unspecified atom stereocenters. The van der Waals surface area contributed by atoms with Crippen LogP contribution in [0.25, 0.3) is 0 Å². The van der Waals surface area contributed by atoms with Gasteiger partial charge in [-0.1, -0.05) is 29.8 Å². The summed E-state index contributed by atoms with van der Waals surface area (Å²) in [7, 11) is 0. The van der Waals surface area contributed by atoms with Gasteiger partial charge in [0, 0.05) is 19.1 Å². The van der Waals surface area contributed by atoms with Crippen LogP contribution in [0.4, 0.5) is 11.8 Å². The van der Waals surface area contributed by atoms with Crippen LogP contribution in [0.15, 0.2) is 30.5 Å². The molecule has 5 atom stereocenters. The van der Waals surface area contributed by atoms with Crippen molar-refractivity contribution in [2.45, 2.75) is 51.5 Å². The Bertz CT molecular complexity index is 980. The van der Waals surface area contributed by atoms with E-state index in [-0.39, 0.29) is 0 Å². The molecule has 6 rings (SSSR count). The van der Waals surface area contributed by atoms with Crippen molar-refractivity contribution >= 4 is 11.8 Å². The van der Waals surface area contributed by atoms with Crippen LogP contribution in [-0.2, 0) is 6.42 Å². The number of nitriles is 1. The van der Waals surface area contributed by atoms with Gasteiger partial charge in [-0.05, 0) is 74.2 Å². The van der Waals surface area contributed by atoms with E-state index in [1.807, 2.05) is 0 Å². The zero-order valence-electron chi connectivity index (χ0n) is 18.3. The summed E-state index contributed by atoms with van der Waals surface area (Å²) >= 11 is 0. The Kier molecular flexibility index (Phi) is 5.31. The van der Waals surface area contributed by atoms with Crippen molar-refractivity contribution in [3.8, 4) is 6.07 Å². The lowest BCUT2D eigenvalue weighted by molar-refractivity contribution is -0.0591. The van der Waals surface area contributed by atoms with E-state index in [0.29, 0.717) is 40.6 Å². The molecule has 0 aliphatic heterocycles. The predicted octanol–water partition coefficient (Wildman–Crippen LogP) is 3.88. The van der Waals surface area contributed by atoms with Gasteiger partial charge in [0.1, 0.15) is 17.5 Å². The molecule has 4 bridgehead atoms. The first kappa shape index (κ1) is 20.3.